The Kier molecular flexibility index (Phi) is 4.50. The molecule has 2 atom stereocenters. The lowest BCUT2D eigenvalue weighted by atomic mass is 9.76. The molecular formula is C14H20N2O5. The van der Waals surface area contributed by atoms with Gasteiger partial charge in [0.15, 0.2) is 6.61 Å². The highest BCUT2D eigenvalue weighted by Gasteiger charge is 2.43. The van der Waals surface area contributed by atoms with Gasteiger partial charge >= 0.3 is 5.97 Å². The van der Waals surface area contributed by atoms with Gasteiger partial charge in [-0.05, 0) is 30.8 Å². The van der Waals surface area contributed by atoms with Crippen LogP contribution in [0.2, 0.25) is 0 Å². The number of rotatable bonds is 5. The molecule has 2 rings (SSSR count). The molecule has 2 unspecified atom stereocenters. The number of nitrogens with one attached hydrogen (secondary N) is 1. The van der Waals surface area contributed by atoms with E-state index in [2.05, 4.69) is 10.5 Å². The van der Waals surface area contributed by atoms with E-state index < -0.39 is 17.4 Å². The van der Waals surface area contributed by atoms with Crippen LogP contribution in [-0.4, -0.2) is 34.3 Å². The minimum absolute atomic E-state index is 0.212. The molecule has 1 heterocycles. The van der Waals surface area contributed by atoms with Crippen molar-refractivity contribution < 1.29 is 24.0 Å². The summed E-state index contributed by atoms with van der Waals surface area (Å²) in [5.74, 6) is -0.390. The highest BCUT2D eigenvalue weighted by Crippen LogP contribution is 2.32. The van der Waals surface area contributed by atoms with Crippen LogP contribution in [0.3, 0.4) is 0 Å². The second-order valence-corrected chi connectivity index (χ2v) is 5.70. The Bertz CT molecular complexity index is 527. The van der Waals surface area contributed by atoms with Gasteiger partial charge in [0.25, 0.3) is 11.8 Å². The second-order valence-electron chi connectivity index (χ2n) is 5.70. The van der Waals surface area contributed by atoms with Crippen molar-refractivity contribution in [2.24, 2.45) is 5.92 Å². The van der Waals surface area contributed by atoms with E-state index in [4.69, 9.17) is 9.26 Å². The van der Waals surface area contributed by atoms with Gasteiger partial charge in [0.05, 0.1) is 0 Å². The summed E-state index contributed by atoms with van der Waals surface area (Å²) in [4.78, 5) is 23.5. The summed E-state index contributed by atoms with van der Waals surface area (Å²) in [7, 11) is 0. The standard InChI is InChI=1S/C14H20N2O5/c1-9-4-3-5-14(7-9,13(18)19)15-11(17)8-20-12-6-10(2)21-16-12/h6,9H,3-5,7-8H2,1-2H3,(H,15,17)(H,18,19). The topological polar surface area (TPSA) is 102 Å². The third kappa shape index (κ3) is 3.74. The smallest absolute Gasteiger partial charge is 0.329 e. The maximum Gasteiger partial charge on any atom is 0.329 e. The average molecular weight is 296 g/mol. The molecule has 1 aliphatic carbocycles. The normalized spacial score (nSPS) is 25.3. The van der Waals surface area contributed by atoms with Crippen molar-refractivity contribution >= 4 is 11.9 Å². The number of aliphatic carboxylic acids is 1. The fourth-order valence-electron chi connectivity index (χ4n) is 2.77. The molecule has 0 radical (unpaired) electrons. The van der Waals surface area contributed by atoms with Crippen molar-refractivity contribution in [1.29, 1.82) is 0 Å². The van der Waals surface area contributed by atoms with Crippen molar-refractivity contribution in [2.75, 3.05) is 6.61 Å². The summed E-state index contributed by atoms with van der Waals surface area (Å²) in [6, 6.07) is 1.56. The van der Waals surface area contributed by atoms with Gasteiger partial charge in [0.1, 0.15) is 11.3 Å². The molecule has 0 spiro atoms. The first-order valence-corrected chi connectivity index (χ1v) is 7.02. The Morgan fingerprint density at radius 1 is 1.62 bits per heavy atom. The quantitative estimate of drug-likeness (QED) is 0.854. The number of aromatic nitrogens is 1. The number of hydrogen-bond donors (Lipinski definition) is 2. The van der Waals surface area contributed by atoms with E-state index in [-0.39, 0.29) is 18.4 Å². The molecule has 0 bridgehead atoms. The lowest BCUT2D eigenvalue weighted by Crippen LogP contribution is -2.57. The van der Waals surface area contributed by atoms with Crippen molar-refractivity contribution in [3.8, 4) is 5.88 Å². The number of aryl methyl sites for hydroxylation is 1. The summed E-state index contributed by atoms with van der Waals surface area (Å²) < 4.78 is 9.99. The zero-order valence-electron chi connectivity index (χ0n) is 12.2. The molecular weight excluding hydrogens is 276 g/mol. The van der Waals surface area contributed by atoms with E-state index in [0.29, 0.717) is 18.6 Å². The number of hydrogen-bond acceptors (Lipinski definition) is 5. The van der Waals surface area contributed by atoms with E-state index in [0.717, 1.165) is 12.8 Å². The van der Waals surface area contributed by atoms with Crippen LogP contribution in [0.15, 0.2) is 10.6 Å². The van der Waals surface area contributed by atoms with Crippen LogP contribution in [0.4, 0.5) is 0 Å². The highest BCUT2D eigenvalue weighted by molar-refractivity contribution is 5.87. The molecule has 0 aromatic carbocycles. The van der Waals surface area contributed by atoms with Gasteiger partial charge in [-0.3, -0.25) is 4.79 Å². The molecule has 1 aromatic heterocycles. The summed E-state index contributed by atoms with van der Waals surface area (Å²) in [6.07, 6.45) is 2.66. The Labute approximate surface area is 122 Å². The predicted molar refractivity (Wildman–Crippen MR) is 72.9 cm³/mol. The first-order valence-electron chi connectivity index (χ1n) is 7.02. The van der Waals surface area contributed by atoms with Crippen LogP contribution >= 0.6 is 0 Å². The zero-order valence-corrected chi connectivity index (χ0v) is 12.2. The number of nitrogens with zero attached hydrogens (tertiary/aromatic N) is 1. The Morgan fingerprint density at radius 2 is 2.38 bits per heavy atom. The van der Waals surface area contributed by atoms with Crippen molar-refractivity contribution in [1.82, 2.24) is 10.5 Å². The van der Waals surface area contributed by atoms with E-state index in [9.17, 15) is 14.7 Å². The first-order chi connectivity index (χ1) is 9.91. The Hall–Kier alpha value is -2.05. The molecule has 1 amide bonds. The summed E-state index contributed by atoms with van der Waals surface area (Å²) >= 11 is 0. The van der Waals surface area contributed by atoms with E-state index in [1.165, 1.54) is 0 Å². The largest absolute Gasteiger partial charge is 0.480 e. The molecule has 1 fully saturated rings. The molecule has 21 heavy (non-hydrogen) atoms. The molecule has 0 aliphatic heterocycles. The molecule has 7 nitrogen and oxygen atoms in total. The molecule has 0 saturated heterocycles. The van der Waals surface area contributed by atoms with E-state index in [1.807, 2.05) is 6.92 Å². The van der Waals surface area contributed by atoms with E-state index >= 15 is 0 Å². The van der Waals surface area contributed by atoms with Gasteiger partial charge in [-0.25, -0.2) is 4.79 Å². The monoisotopic (exact) mass is 296 g/mol. The Balaban J connectivity index is 1.94. The fraction of sp³-hybridized carbons (Fsp3) is 0.643. The lowest BCUT2D eigenvalue weighted by Gasteiger charge is -2.36. The highest BCUT2D eigenvalue weighted by atomic mass is 16.5. The minimum Gasteiger partial charge on any atom is -0.480 e. The summed E-state index contributed by atoms with van der Waals surface area (Å²) in [5.41, 5.74) is -1.18. The first kappa shape index (κ1) is 15.3. The van der Waals surface area contributed by atoms with Crippen LogP contribution in [0.5, 0.6) is 5.88 Å². The van der Waals surface area contributed by atoms with Crippen LogP contribution < -0.4 is 10.1 Å². The van der Waals surface area contributed by atoms with Crippen LogP contribution in [-0.2, 0) is 9.59 Å². The molecule has 1 aromatic rings. The molecule has 2 N–H and O–H groups in total. The number of ether oxygens (including phenoxy) is 1. The van der Waals surface area contributed by atoms with Crippen LogP contribution in [0, 0.1) is 12.8 Å². The SMILES string of the molecule is Cc1cc(OCC(=O)NC2(C(=O)O)CCCC(C)C2)no1. The van der Waals surface area contributed by atoms with Crippen LogP contribution in [0.25, 0.3) is 0 Å². The average Bonchev–Trinajstić information content (AvgIpc) is 2.82. The zero-order chi connectivity index (χ0) is 15.5. The molecule has 116 valence electrons. The predicted octanol–water partition coefficient (Wildman–Crippen LogP) is 1.51. The second kappa shape index (κ2) is 6.15. The number of carboxylic acids is 1. The van der Waals surface area contributed by atoms with Gasteiger partial charge in [0.2, 0.25) is 0 Å². The van der Waals surface area contributed by atoms with Gasteiger partial charge in [-0.15, -0.1) is 0 Å². The fourth-order valence-corrected chi connectivity index (χ4v) is 2.77. The maximum absolute atomic E-state index is 11.9. The van der Waals surface area contributed by atoms with Gasteiger partial charge < -0.3 is 19.7 Å². The maximum atomic E-state index is 11.9. The third-order valence-corrected chi connectivity index (χ3v) is 3.74. The number of carbonyl (C=O) groups is 2. The van der Waals surface area contributed by atoms with Crippen molar-refractivity contribution in [2.45, 2.75) is 45.1 Å². The minimum atomic E-state index is -1.18. The molecule has 1 saturated carbocycles. The number of amides is 1. The number of carboxylic acid groups (broad SMARTS) is 1. The molecule has 1 aliphatic rings. The van der Waals surface area contributed by atoms with Gasteiger partial charge in [0, 0.05) is 6.07 Å². The summed E-state index contributed by atoms with van der Waals surface area (Å²) in [6.45, 7) is 3.43. The molecule has 7 heteroatoms. The van der Waals surface area contributed by atoms with Gasteiger partial charge in [-0.1, -0.05) is 19.8 Å². The lowest BCUT2D eigenvalue weighted by molar-refractivity contribution is -0.150. The number of carbonyl (C=O) groups excluding carboxylic acids is 1. The van der Waals surface area contributed by atoms with Crippen molar-refractivity contribution in [3.63, 3.8) is 0 Å². The van der Waals surface area contributed by atoms with Crippen LogP contribution in [0.1, 0.15) is 38.4 Å². The third-order valence-electron chi connectivity index (χ3n) is 3.74. The van der Waals surface area contributed by atoms with Crippen molar-refractivity contribution in [3.05, 3.63) is 11.8 Å². The summed E-state index contributed by atoms with van der Waals surface area (Å²) in [5, 5.41) is 15.7. The van der Waals surface area contributed by atoms with E-state index in [1.54, 1.807) is 13.0 Å². The Morgan fingerprint density at radius 3 is 2.95 bits per heavy atom. The van der Waals surface area contributed by atoms with Gasteiger partial charge in [-0.2, -0.15) is 0 Å².